The van der Waals surface area contributed by atoms with Crippen molar-refractivity contribution in [1.29, 1.82) is 0 Å². The second-order valence-corrected chi connectivity index (χ2v) is 5.95. The molecule has 1 amide bonds. The first-order chi connectivity index (χ1) is 13.2. The number of nitrogens with one attached hydrogen (secondary N) is 3. The number of aliphatic imine (C=N–C) groups is 1. The molecule has 3 rings (SSSR count). The third kappa shape index (κ3) is 6.59. The van der Waals surface area contributed by atoms with Gasteiger partial charge in [-0.1, -0.05) is 18.2 Å². The van der Waals surface area contributed by atoms with E-state index >= 15 is 0 Å². The Labute approximate surface area is 181 Å². The molecule has 0 radical (unpaired) electrons. The van der Waals surface area contributed by atoms with E-state index in [0.29, 0.717) is 31.5 Å². The smallest absolute Gasteiger partial charge is 0.246 e. The molecule has 0 fully saturated rings. The highest BCUT2D eigenvalue weighted by atomic mass is 127. The summed E-state index contributed by atoms with van der Waals surface area (Å²) in [5.41, 5.74) is 1.56. The summed E-state index contributed by atoms with van der Waals surface area (Å²) >= 11 is 0. The van der Waals surface area contributed by atoms with Crippen molar-refractivity contribution in [1.82, 2.24) is 5.32 Å². The SMILES string of the molecule is CCNC(=NCC(=O)Nc1ccccc1)Nc1ccc2c(c1)OCCCO2.I. The van der Waals surface area contributed by atoms with E-state index in [0.717, 1.165) is 23.5 Å². The van der Waals surface area contributed by atoms with Crippen LogP contribution in [0.2, 0.25) is 0 Å². The third-order valence-electron chi connectivity index (χ3n) is 3.79. The summed E-state index contributed by atoms with van der Waals surface area (Å²) in [6.07, 6.45) is 0.859. The van der Waals surface area contributed by atoms with E-state index in [4.69, 9.17) is 9.47 Å². The topological polar surface area (TPSA) is 84.0 Å². The Bertz CT molecular complexity index is 799. The van der Waals surface area contributed by atoms with Crippen molar-refractivity contribution in [2.45, 2.75) is 13.3 Å². The molecule has 1 aliphatic heterocycles. The second-order valence-electron chi connectivity index (χ2n) is 5.95. The van der Waals surface area contributed by atoms with Gasteiger partial charge in [0.15, 0.2) is 17.5 Å². The van der Waals surface area contributed by atoms with Crippen molar-refractivity contribution in [2.75, 3.05) is 36.9 Å². The maximum atomic E-state index is 12.1. The fraction of sp³-hybridized carbons (Fsp3) is 0.300. The lowest BCUT2D eigenvalue weighted by atomic mass is 10.3. The van der Waals surface area contributed by atoms with Crippen LogP contribution in [0, 0.1) is 0 Å². The normalized spacial score (nSPS) is 13.0. The Balaban J connectivity index is 0.00000280. The van der Waals surface area contributed by atoms with Crippen molar-refractivity contribution >= 4 is 47.2 Å². The maximum Gasteiger partial charge on any atom is 0.246 e. The molecule has 0 saturated heterocycles. The summed E-state index contributed by atoms with van der Waals surface area (Å²) in [7, 11) is 0. The Morgan fingerprint density at radius 1 is 1.00 bits per heavy atom. The van der Waals surface area contributed by atoms with Crippen molar-refractivity contribution in [3.63, 3.8) is 0 Å². The van der Waals surface area contributed by atoms with Gasteiger partial charge in [0.2, 0.25) is 5.91 Å². The van der Waals surface area contributed by atoms with Gasteiger partial charge >= 0.3 is 0 Å². The number of hydrogen-bond acceptors (Lipinski definition) is 4. The molecule has 8 heteroatoms. The number of rotatable bonds is 5. The summed E-state index contributed by atoms with van der Waals surface area (Å²) in [5.74, 6) is 1.78. The fourth-order valence-corrected chi connectivity index (χ4v) is 2.56. The number of carbonyl (C=O) groups is 1. The quantitative estimate of drug-likeness (QED) is 0.336. The standard InChI is InChI=1S/C20H24N4O3.HI/c1-2-21-20(22-14-19(25)23-15-7-4-3-5-8-15)24-16-9-10-17-18(13-16)27-12-6-11-26-17;/h3-5,7-10,13H,2,6,11-12,14H2,1H3,(H,23,25)(H2,21,22,24);1H. The summed E-state index contributed by atoms with van der Waals surface area (Å²) < 4.78 is 11.3. The highest BCUT2D eigenvalue weighted by Crippen LogP contribution is 2.32. The Hall–Kier alpha value is -2.49. The molecule has 7 nitrogen and oxygen atoms in total. The molecule has 28 heavy (non-hydrogen) atoms. The van der Waals surface area contributed by atoms with Crippen molar-refractivity contribution in [3.05, 3.63) is 48.5 Å². The van der Waals surface area contributed by atoms with Gasteiger partial charge in [-0.2, -0.15) is 0 Å². The Morgan fingerprint density at radius 2 is 1.75 bits per heavy atom. The summed E-state index contributed by atoms with van der Waals surface area (Å²) in [6, 6.07) is 14.9. The van der Waals surface area contributed by atoms with Gasteiger partial charge < -0.3 is 25.4 Å². The van der Waals surface area contributed by atoms with Crippen LogP contribution >= 0.6 is 24.0 Å². The lowest BCUT2D eigenvalue weighted by Gasteiger charge is -2.13. The largest absolute Gasteiger partial charge is 0.490 e. The highest BCUT2D eigenvalue weighted by molar-refractivity contribution is 14.0. The molecular formula is C20H25IN4O3. The summed E-state index contributed by atoms with van der Waals surface area (Å²) in [5, 5.41) is 9.14. The van der Waals surface area contributed by atoms with Crippen LogP contribution in [-0.2, 0) is 4.79 Å². The van der Waals surface area contributed by atoms with Gasteiger partial charge in [0.1, 0.15) is 6.54 Å². The van der Waals surface area contributed by atoms with Gasteiger partial charge in [0.05, 0.1) is 13.2 Å². The molecule has 0 spiro atoms. The van der Waals surface area contributed by atoms with E-state index in [1.807, 2.05) is 55.5 Å². The minimum Gasteiger partial charge on any atom is -0.490 e. The van der Waals surface area contributed by atoms with Crippen LogP contribution in [-0.4, -0.2) is 38.2 Å². The van der Waals surface area contributed by atoms with Crippen molar-refractivity contribution < 1.29 is 14.3 Å². The predicted octanol–water partition coefficient (Wildman–Crippen LogP) is 3.48. The molecule has 1 heterocycles. The summed E-state index contributed by atoms with van der Waals surface area (Å²) in [6.45, 7) is 3.94. The number of fused-ring (bicyclic) bond motifs is 1. The van der Waals surface area contributed by atoms with E-state index in [-0.39, 0.29) is 36.4 Å². The number of nitrogens with zero attached hydrogens (tertiary/aromatic N) is 1. The first-order valence-electron chi connectivity index (χ1n) is 9.04. The first kappa shape index (κ1) is 21.8. The molecule has 150 valence electrons. The number of halogens is 1. The molecule has 0 unspecified atom stereocenters. The van der Waals surface area contributed by atoms with Crippen molar-refractivity contribution in [2.24, 2.45) is 4.99 Å². The van der Waals surface area contributed by atoms with Crippen LogP contribution in [0.25, 0.3) is 0 Å². The van der Waals surface area contributed by atoms with E-state index in [2.05, 4.69) is 20.9 Å². The van der Waals surface area contributed by atoms with Crippen LogP contribution in [0.5, 0.6) is 11.5 Å². The lowest BCUT2D eigenvalue weighted by Crippen LogP contribution is -2.31. The summed E-state index contributed by atoms with van der Waals surface area (Å²) in [4.78, 5) is 16.4. The molecule has 2 aromatic carbocycles. The van der Waals surface area contributed by atoms with Gasteiger partial charge in [0, 0.05) is 30.4 Å². The number of benzene rings is 2. The van der Waals surface area contributed by atoms with E-state index in [9.17, 15) is 4.79 Å². The minimum atomic E-state index is -0.183. The maximum absolute atomic E-state index is 12.1. The van der Waals surface area contributed by atoms with Crippen LogP contribution in [0.15, 0.2) is 53.5 Å². The highest BCUT2D eigenvalue weighted by Gasteiger charge is 2.11. The molecule has 1 aliphatic rings. The Morgan fingerprint density at radius 3 is 2.50 bits per heavy atom. The van der Waals surface area contributed by atoms with Crippen LogP contribution in [0.4, 0.5) is 11.4 Å². The minimum absolute atomic E-state index is 0. The molecular weight excluding hydrogens is 471 g/mol. The molecule has 2 aromatic rings. The number of hydrogen-bond donors (Lipinski definition) is 3. The van der Waals surface area contributed by atoms with E-state index < -0.39 is 0 Å². The molecule has 0 saturated carbocycles. The zero-order valence-corrected chi connectivity index (χ0v) is 18.1. The molecule has 0 bridgehead atoms. The average Bonchev–Trinajstić information content (AvgIpc) is 2.92. The molecule has 3 N–H and O–H groups in total. The van der Waals surface area contributed by atoms with Gasteiger partial charge in [-0.25, -0.2) is 4.99 Å². The number of anilines is 2. The Kier molecular flexibility index (Phi) is 8.86. The number of ether oxygens (including phenoxy) is 2. The van der Waals surface area contributed by atoms with Gasteiger partial charge in [-0.15, -0.1) is 24.0 Å². The predicted molar refractivity (Wildman–Crippen MR) is 122 cm³/mol. The molecule has 0 aromatic heterocycles. The van der Waals surface area contributed by atoms with Gasteiger partial charge in [-0.3, -0.25) is 4.79 Å². The fourth-order valence-electron chi connectivity index (χ4n) is 2.56. The van der Waals surface area contributed by atoms with Gasteiger partial charge in [-0.05, 0) is 31.2 Å². The van der Waals surface area contributed by atoms with Crippen molar-refractivity contribution in [3.8, 4) is 11.5 Å². The zero-order valence-electron chi connectivity index (χ0n) is 15.7. The molecule has 0 atom stereocenters. The number of para-hydroxylation sites is 1. The second kappa shape index (κ2) is 11.4. The number of carbonyl (C=O) groups excluding carboxylic acids is 1. The monoisotopic (exact) mass is 496 g/mol. The van der Waals surface area contributed by atoms with Crippen LogP contribution in [0.1, 0.15) is 13.3 Å². The third-order valence-corrected chi connectivity index (χ3v) is 3.79. The number of amides is 1. The first-order valence-corrected chi connectivity index (χ1v) is 9.04. The van der Waals surface area contributed by atoms with Gasteiger partial charge in [0.25, 0.3) is 0 Å². The van der Waals surface area contributed by atoms with E-state index in [1.54, 1.807) is 0 Å². The number of guanidine groups is 1. The van der Waals surface area contributed by atoms with E-state index in [1.165, 1.54) is 0 Å². The van der Waals surface area contributed by atoms with Crippen LogP contribution in [0.3, 0.4) is 0 Å². The van der Waals surface area contributed by atoms with Crippen LogP contribution < -0.4 is 25.4 Å². The average molecular weight is 496 g/mol. The zero-order chi connectivity index (χ0) is 18.9. The lowest BCUT2D eigenvalue weighted by molar-refractivity contribution is -0.114. The molecule has 0 aliphatic carbocycles.